The zero-order valence-electron chi connectivity index (χ0n) is 27.3. The van der Waals surface area contributed by atoms with Gasteiger partial charge in [0.1, 0.15) is 5.75 Å². The van der Waals surface area contributed by atoms with Gasteiger partial charge >= 0.3 is 0 Å². The number of methoxy groups -OCH3 is 1. The molecular formula is C36H47ClN2O6S. The molecule has 1 fully saturated rings. The van der Waals surface area contributed by atoms with Crippen LogP contribution in [-0.2, 0) is 31.3 Å². The van der Waals surface area contributed by atoms with E-state index in [4.69, 9.17) is 25.8 Å². The predicted octanol–water partition coefficient (Wildman–Crippen LogP) is 6.16. The number of aryl methyl sites for hydroxylation is 1. The average Bonchev–Trinajstić information content (AvgIpc) is 3.17. The van der Waals surface area contributed by atoms with E-state index in [1.807, 2.05) is 32.0 Å². The largest absolute Gasteiger partial charge is 0.490 e. The Hall–Kier alpha value is -2.59. The fraction of sp³-hybridized carbons (Fsp3) is 0.583. The van der Waals surface area contributed by atoms with E-state index in [2.05, 4.69) is 33.9 Å². The number of ether oxygens (including phenoxy) is 3. The van der Waals surface area contributed by atoms with Gasteiger partial charge in [0.15, 0.2) is 0 Å². The van der Waals surface area contributed by atoms with Gasteiger partial charge in [-0.3, -0.25) is 4.79 Å². The Morgan fingerprint density at radius 2 is 1.91 bits per heavy atom. The van der Waals surface area contributed by atoms with E-state index in [0.717, 1.165) is 55.9 Å². The number of amides is 1. The molecule has 1 spiro atoms. The molecule has 10 heteroatoms. The molecule has 2 aliphatic carbocycles. The highest BCUT2D eigenvalue weighted by molar-refractivity contribution is 7.90. The van der Waals surface area contributed by atoms with Gasteiger partial charge in [-0.1, -0.05) is 43.7 Å². The quantitative estimate of drug-likeness (QED) is 0.308. The van der Waals surface area contributed by atoms with Crippen molar-refractivity contribution in [2.24, 2.45) is 23.7 Å². The highest BCUT2D eigenvalue weighted by atomic mass is 35.5. The number of nitrogens with zero attached hydrogens (tertiary/aromatic N) is 1. The van der Waals surface area contributed by atoms with Crippen molar-refractivity contribution in [2.45, 2.75) is 69.6 Å². The van der Waals surface area contributed by atoms with Crippen molar-refractivity contribution >= 4 is 33.2 Å². The van der Waals surface area contributed by atoms with Crippen molar-refractivity contribution in [3.8, 4) is 5.75 Å². The minimum absolute atomic E-state index is 0.0463. The summed E-state index contributed by atoms with van der Waals surface area (Å²) in [6.45, 7) is 8.62. The number of allylic oxidation sites excluding steroid dienone is 1. The van der Waals surface area contributed by atoms with Gasteiger partial charge in [0.2, 0.25) is 10.0 Å². The summed E-state index contributed by atoms with van der Waals surface area (Å²) in [4.78, 5) is 15.9. The Labute approximate surface area is 278 Å². The molecule has 4 aliphatic rings. The lowest BCUT2D eigenvalue weighted by atomic mass is 9.68. The Kier molecular flexibility index (Phi) is 9.77. The van der Waals surface area contributed by atoms with Crippen LogP contribution in [0.5, 0.6) is 5.75 Å². The molecule has 2 heterocycles. The van der Waals surface area contributed by atoms with Crippen LogP contribution in [0.4, 0.5) is 5.69 Å². The minimum atomic E-state index is -3.95. The Morgan fingerprint density at radius 1 is 1.09 bits per heavy atom. The fourth-order valence-corrected chi connectivity index (χ4v) is 9.40. The molecule has 1 saturated carbocycles. The standard InChI is InChI=1S/C36H47ClN2O6S/c1-23-7-13-33(44-17-16-43-4)30-11-8-28(30)20-39-21-36(15-5-6-26-18-29(37)10-12-31(26)36)22-45-34-14-9-27(19-32(34)39)35(40)38-46(41,42)25(3)24(23)2/h7,9-10,12-14,18-19,23-25,28,30,33H,5-6,8,11,15-17,20-22H2,1-4H3,(H,38,40)/b13-7+/t23-,24-,25+,28-,30+,33-,36-/m0/s1. The van der Waals surface area contributed by atoms with E-state index in [-0.39, 0.29) is 23.4 Å². The maximum absolute atomic E-state index is 13.5. The summed E-state index contributed by atoms with van der Waals surface area (Å²) in [6.07, 6.45) is 9.25. The molecule has 2 bridgehead atoms. The highest BCUT2D eigenvalue weighted by Crippen LogP contribution is 2.47. The summed E-state index contributed by atoms with van der Waals surface area (Å²) in [5, 5.41) is -0.0409. The van der Waals surface area contributed by atoms with E-state index in [1.165, 1.54) is 11.1 Å². The summed E-state index contributed by atoms with van der Waals surface area (Å²) in [5.41, 5.74) is 3.41. The monoisotopic (exact) mass is 670 g/mol. The van der Waals surface area contributed by atoms with Gasteiger partial charge in [0.25, 0.3) is 5.91 Å². The van der Waals surface area contributed by atoms with Gasteiger partial charge in [-0.05, 0) is 104 Å². The number of nitrogens with one attached hydrogen (secondary N) is 1. The van der Waals surface area contributed by atoms with Crippen molar-refractivity contribution in [3.05, 3.63) is 70.3 Å². The van der Waals surface area contributed by atoms with Crippen LogP contribution in [0.2, 0.25) is 5.02 Å². The lowest BCUT2D eigenvalue weighted by Crippen LogP contribution is -2.49. The zero-order valence-corrected chi connectivity index (χ0v) is 28.9. The van der Waals surface area contributed by atoms with E-state index < -0.39 is 21.2 Å². The third kappa shape index (κ3) is 6.58. The van der Waals surface area contributed by atoms with Crippen molar-refractivity contribution in [1.82, 2.24) is 4.72 Å². The maximum Gasteiger partial charge on any atom is 0.264 e. The van der Waals surface area contributed by atoms with Gasteiger partial charge < -0.3 is 19.1 Å². The number of halogens is 1. The normalized spacial score (nSPS) is 33.1. The van der Waals surface area contributed by atoms with E-state index in [0.29, 0.717) is 43.0 Å². The molecule has 46 heavy (non-hydrogen) atoms. The van der Waals surface area contributed by atoms with Crippen LogP contribution in [0.1, 0.15) is 67.9 Å². The first-order valence-electron chi connectivity index (χ1n) is 16.7. The minimum Gasteiger partial charge on any atom is -0.490 e. The lowest BCUT2D eigenvalue weighted by Gasteiger charge is -2.46. The third-order valence-corrected chi connectivity index (χ3v) is 13.3. The van der Waals surface area contributed by atoms with Crippen LogP contribution in [0, 0.1) is 23.7 Å². The number of fused-ring (bicyclic) bond motifs is 4. The van der Waals surface area contributed by atoms with Crippen molar-refractivity contribution in [2.75, 3.05) is 44.9 Å². The van der Waals surface area contributed by atoms with Crippen molar-refractivity contribution < 1.29 is 27.4 Å². The number of hydrogen-bond acceptors (Lipinski definition) is 7. The molecule has 1 amide bonds. The van der Waals surface area contributed by atoms with Crippen LogP contribution in [0.25, 0.3) is 0 Å². The molecule has 7 atom stereocenters. The van der Waals surface area contributed by atoms with Gasteiger partial charge in [0, 0.05) is 36.2 Å². The van der Waals surface area contributed by atoms with Gasteiger partial charge in [-0.15, -0.1) is 0 Å². The molecule has 0 saturated heterocycles. The van der Waals surface area contributed by atoms with E-state index in [1.54, 1.807) is 20.1 Å². The summed E-state index contributed by atoms with van der Waals surface area (Å²) in [5.74, 6) is 0.476. The van der Waals surface area contributed by atoms with Gasteiger partial charge in [-0.25, -0.2) is 13.1 Å². The molecule has 0 aromatic heterocycles. The SMILES string of the molecule is COCCO[C@H]1/C=C/[C@H](C)[C@H](C)[C@@H](C)S(=O)(=O)NC(=O)c2ccc3c(c2)N(C[C@@H]2CC[C@H]21)C[C@@]1(CCCc2cc(Cl)ccc21)CO3. The lowest BCUT2D eigenvalue weighted by molar-refractivity contribution is -0.0311. The Morgan fingerprint density at radius 3 is 2.67 bits per heavy atom. The zero-order chi connectivity index (χ0) is 32.6. The molecule has 250 valence electrons. The van der Waals surface area contributed by atoms with Crippen molar-refractivity contribution in [1.29, 1.82) is 0 Å². The second kappa shape index (κ2) is 13.5. The summed E-state index contributed by atoms with van der Waals surface area (Å²) >= 11 is 6.44. The number of anilines is 1. The fourth-order valence-electron chi connectivity index (χ4n) is 7.83. The first kappa shape index (κ1) is 33.3. The summed E-state index contributed by atoms with van der Waals surface area (Å²) in [7, 11) is -2.27. The van der Waals surface area contributed by atoms with Gasteiger partial charge in [-0.2, -0.15) is 0 Å². The molecule has 6 rings (SSSR count). The predicted molar refractivity (Wildman–Crippen MR) is 181 cm³/mol. The first-order valence-corrected chi connectivity index (χ1v) is 18.6. The Balaban J connectivity index is 1.42. The topological polar surface area (TPSA) is 94.2 Å². The maximum atomic E-state index is 13.5. The van der Waals surface area contributed by atoms with E-state index in [9.17, 15) is 13.2 Å². The van der Waals surface area contributed by atoms with Crippen LogP contribution >= 0.6 is 11.6 Å². The Bertz CT molecular complexity index is 1580. The molecule has 2 aliphatic heterocycles. The van der Waals surface area contributed by atoms with Crippen LogP contribution in [0.3, 0.4) is 0 Å². The number of benzene rings is 2. The first-order chi connectivity index (χ1) is 22.0. The van der Waals surface area contributed by atoms with Crippen LogP contribution in [0.15, 0.2) is 48.6 Å². The molecule has 2 aromatic carbocycles. The molecule has 2 aromatic rings. The highest BCUT2D eigenvalue weighted by Gasteiger charge is 2.45. The number of carbonyl (C=O) groups excluding carboxylic acids is 1. The van der Waals surface area contributed by atoms with Gasteiger partial charge in [0.05, 0.1) is 36.9 Å². The molecule has 0 unspecified atom stereocenters. The smallest absolute Gasteiger partial charge is 0.264 e. The molecule has 8 nitrogen and oxygen atoms in total. The second-order valence-corrected chi connectivity index (χ2v) is 16.4. The molecule has 0 radical (unpaired) electrons. The average molecular weight is 671 g/mol. The van der Waals surface area contributed by atoms with E-state index >= 15 is 0 Å². The summed E-state index contributed by atoms with van der Waals surface area (Å²) < 4.78 is 47.6. The van der Waals surface area contributed by atoms with Crippen LogP contribution in [-0.4, -0.2) is 65.7 Å². The number of hydrogen-bond donors (Lipinski definition) is 1. The molecular weight excluding hydrogens is 624 g/mol. The molecule has 1 N–H and O–H groups in total. The number of rotatable bonds is 4. The number of carbonyl (C=O) groups is 1. The second-order valence-electron chi connectivity index (χ2n) is 13.9. The summed E-state index contributed by atoms with van der Waals surface area (Å²) in [6, 6.07) is 11.5. The third-order valence-electron chi connectivity index (χ3n) is 11.1. The number of sulfonamides is 1. The van der Waals surface area contributed by atoms with Crippen molar-refractivity contribution in [3.63, 3.8) is 0 Å². The van der Waals surface area contributed by atoms with Crippen LogP contribution < -0.4 is 14.4 Å².